The highest BCUT2D eigenvalue weighted by Gasteiger charge is 2.19. The molecule has 1 atom stereocenters. The van der Waals surface area contributed by atoms with Crippen LogP contribution in [0, 0.1) is 0 Å². The fraction of sp³-hybridized carbons (Fsp3) is 0.615. The summed E-state index contributed by atoms with van der Waals surface area (Å²) in [6.07, 6.45) is 17.2. The molecule has 1 aromatic rings. The SMILES string of the molecule is C=CC(=O)N[C@@H](Cc1ccccc1)C(=O)NCCCCCCCCCCCCCC. The van der Waals surface area contributed by atoms with Crippen LogP contribution in [-0.4, -0.2) is 24.4 Å². The lowest BCUT2D eigenvalue weighted by molar-refractivity contribution is -0.127. The molecule has 2 N–H and O–H groups in total. The van der Waals surface area contributed by atoms with Crippen molar-refractivity contribution in [1.29, 1.82) is 0 Å². The van der Waals surface area contributed by atoms with Gasteiger partial charge in [-0.05, 0) is 18.1 Å². The summed E-state index contributed by atoms with van der Waals surface area (Å²) in [5.41, 5.74) is 1.02. The minimum absolute atomic E-state index is 0.128. The number of amides is 2. The Labute approximate surface area is 183 Å². The summed E-state index contributed by atoms with van der Waals surface area (Å²) in [6, 6.07) is 9.17. The molecule has 4 nitrogen and oxygen atoms in total. The van der Waals surface area contributed by atoms with Gasteiger partial charge in [0, 0.05) is 13.0 Å². The van der Waals surface area contributed by atoms with Gasteiger partial charge >= 0.3 is 0 Å². The zero-order valence-corrected chi connectivity index (χ0v) is 19.0. The first-order valence-electron chi connectivity index (χ1n) is 11.9. The van der Waals surface area contributed by atoms with Crippen LogP contribution in [0.4, 0.5) is 0 Å². The average Bonchev–Trinajstić information content (AvgIpc) is 2.77. The van der Waals surface area contributed by atoms with E-state index in [-0.39, 0.29) is 11.8 Å². The predicted octanol–water partition coefficient (Wildman–Crippen LogP) is 5.72. The van der Waals surface area contributed by atoms with E-state index in [0.717, 1.165) is 18.4 Å². The van der Waals surface area contributed by atoms with Crippen molar-refractivity contribution in [3.63, 3.8) is 0 Å². The number of unbranched alkanes of at least 4 members (excludes halogenated alkanes) is 11. The van der Waals surface area contributed by atoms with Gasteiger partial charge in [-0.3, -0.25) is 9.59 Å². The molecule has 0 aliphatic rings. The van der Waals surface area contributed by atoms with Crippen molar-refractivity contribution in [2.75, 3.05) is 6.54 Å². The molecule has 0 unspecified atom stereocenters. The van der Waals surface area contributed by atoms with Crippen molar-refractivity contribution in [2.45, 2.75) is 96.4 Å². The Bertz CT molecular complexity index is 586. The third-order valence-electron chi connectivity index (χ3n) is 5.43. The predicted molar refractivity (Wildman–Crippen MR) is 126 cm³/mol. The van der Waals surface area contributed by atoms with Crippen LogP contribution >= 0.6 is 0 Å². The Kier molecular flexibility index (Phi) is 15.3. The molecule has 1 rings (SSSR count). The Balaban J connectivity index is 2.13. The van der Waals surface area contributed by atoms with Crippen molar-refractivity contribution in [3.05, 3.63) is 48.6 Å². The largest absolute Gasteiger partial charge is 0.354 e. The number of hydrogen-bond donors (Lipinski definition) is 2. The minimum Gasteiger partial charge on any atom is -0.354 e. The lowest BCUT2D eigenvalue weighted by Crippen LogP contribution is -2.47. The first-order chi connectivity index (χ1) is 14.7. The smallest absolute Gasteiger partial charge is 0.244 e. The number of hydrogen-bond acceptors (Lipinski definition) is 2. The van der Waals surface area contributed by atoms with Crippen LogP contribution in [0.3, 0.4) is 0 Å². The van der Waals surface area contributed by atoms with Crippen molar-refractivity contribution in [3.8, 4) is 0 Å². The van der Waals surface area contributed by atoms with Crippen LogP contribution < -0.4 is 10.6 Å². The molecule has 0 saturated heterocycles. The minimum atomic E-state index is -0.574. The standard InChI is InChI=1S/C26H42N2O2/c1-3-5-6-7-8-9-10-11-12-13-14-18-21-27-26(30)24(28-25(29)4-2)22-23-19-16-15-17-20-23/h4,15-17,19-20,24H,2-3,5-14,18,21-22H2,1H3,(H,27,30)(H,28,29)/t24-/m0/s1. The first-order valence-corrected chi connectivity index (χ1v) is 11.9. The third-order valence-corrected chi connectivity index (χ3v) is 5.43. The topological polar surface area (TPSA) is 58.2 Å². The van der Waals surface area contributed by atoms with E-state index >= 15 is 0 Å². The molecule has 0 heterocycles. The van der Waals surface area contributed by atoms with Crippen LogP contribution in [0.2, 0.25) is 0 Å². The zero-order chi connectivity index (χ0) is 21.9. The maximum atomic E-state index is 12.5. The van der Waals surface area contributed by atoms with Gasteiger partial charge in [0.05, 0.1) is 0 Å². The maximum Gasteiger partial charge on any atom is 0.244 e. The molecular weight excluding hydrogens is 372 g/mol. The van der Waals surface area contributed by atoms with Gasteiger partial charge in [0.15, 0.2) is 0 Å². The number of carbonyl (C=O) groups excluding carboxylic acids is 2. The van der Waals surface area contributed by atoms with Gasteiger partial charge < -0.3 is 10.6 Å². The van der Waals surface area contributed by atoms with Crippen LogP contribution in [0.15, 0.2) is 43.0 Å². The van der Waals surface area contributed by atoms with E-state index in [1.165, 1.54) is 70.3 Å². The summed E-state index contributed by atoms with van der Waals surface area (Å²) in [5.74, 6) is -0.450. The lowest BCUT2D eigenvalue weighted by atomic mass is 10.0. The fourth-order valence-electron chi connectivity index (χ4n) is 3.59. The summed E-state index contributed by atoms with van der Waals surface area (Å²) in [4.78, 5) is 24.2. The average molecular weight is 415 g/mol. The number of carbonyl (C=O) groups is 2. The van der Waals surface area contributed by atoms with Gasteiger partial charge in [-0.25, -0.2) is 0 Å². The molecular formula is C26H42N2O2. The molecule has 1 aromatic carbocycles. The molecule has 0 radical (unpaired) electrons. The van der Waals surface area contributed by atoms with Gasteiger partial charge in [-0.15, -0.1) is 0 Å². The second kappa shape index (κ2) is 17.7. The van der Waals surface area contributed by atoms with Gasteiger partial charge in [0.25, 0.3) is 0 Å². The molecule has 4 heteroatoms. The summed E-state index contributed by atoms with van der Waals surface area (Å²) >= 11 is 0. The molecule has 30 heavy (non-hydrogen) atoms. The fourth-order valence-corrected chi connectivity index (χ4v) is 3.59. The molecule has 0 aliphatic heterocycles. The van der Waals surface area contributed by atoms with Crippen LogP contribution in [0.5, 0.6) is 0 Å². The summed E-state index contributed by atoms with van der Waals surface area (Å²) in [7, 11) is 0. The highest BCUT2D eigenvalue weighted by Crippen LogP contribution is 2.11. The highest BCUT2D eigenvalue weighted by atomic mass is 16.2. The zero-order valence-electron chi connectivity index (χ0n) is 19.0. The maximum absolute atomic E-state index is 12.5. The molecule has 0 bridgehead atoms. The molecule has 0 spiro atoms. The van der Waals surface area contributed by atoms with Gasteiger partial charge in [-0.2, -0.15) is 0 Å². The number of benzene rings is 1. The van der Waals surface area contributed by atoms with Crippen molar-refractivity contribution < 1.29 is 9.59 Å². The van der Waals surface area contributed by atoms with Crippen molar-refractivity contribution in [2.24, 2.45) is 0 Å². The number of nitrogens with one attached hydrogen (secondary N) is 2. The van der Waals surface area contributed by atoms with E-state index in [1.54, 1.807) is 0 Å². The normalized spacial score (nSPS) is 11.6. The van der Waals surface area contributed by atoms with Gasteiger partial charge in [0.1, 0.15) is 6.04 Å². The van der Waals surface area contributed by atoms with Crippen LogP contribution in [0.25, 0.3) is 0 Å². The molecule has 0 aliphatic carbocycles. The monoisotopic (exact) mass is 414 g/mol. The van der Waals surface area contributed by atoms with E-state index in [0.29, 0.717) is 13.0 Å². The second-order valence-electron chi connectivity index (χ2n) is 8.14. The quantitative estimate of drug-likeness (QED) is 0.238. The Morgan fingerprint density at radius 3 is 1.93 bits per heavy atom. The summed E-state index contributed by atoms with van der Waals surface area (Å²) < 4.78 is 0. The first kappa shape index (κ1) is 25.9. The second-order valence-corrected chi connectivity index (χ2v) is 8.14. The van der Waals surface area contributed by atoms with E-state index in [1.807, 2.05) is 30.3 Å². The van der Waals surface area contributed by atoms with Crippen molar-refractivity contribution in [1.82, 2.24) is 10.6 Å². The van der Waals surface area contributed by atoms with E-state index in [2.05, 4.69) is 24.1 Å². The summed E-state index contributed by atoms with van der Waals surface area (Å²) in [6.45, 7) is 6.39. The van der Waals surface area contributed by atoms with E-state index in [9.17, 15) is 9.59 Å². The number of rotatable bonds is 18. The Hall–Kier alpha value is -2.10. The highest BCUT2D eigenvalue weighted by molar-refractivity contribution is 5.92. The van der Waals surface area contributed by atoms with E-state index < -0.39 is 6.04 Å². The van der Waals surface area contributed by atoms with E-state index in [4.69, 9.17) is 0 Å². The molecule has 168 valence electrons. The van der Waals surface area contributed by atoms with Crippen molar-refractivity contribution >= 4 is 11.8 Å². The van der Waals surface area contributed by atoms with Crippen LogP contribution in [-0.2, 0) is 16.0 Å². The molecule has 0 saturated carbocycles. The van der Waals surface area contributed by atoms with Gasteiger partial charge in [0.2, 0.25) is 11.8 Å². The van der Waals surface area contributed by atoms with Gasteiger partial charge in [-0.1, -0.05) is 114 Å². The Morgan fingerprint density at radius 1 is 0.867 bits per heavy atom. The Morgan fingerprint density at radius 2 is 1.40 bits per heavy atom. The molecule has 0 aromatic heterocycles. The van der Waals surface area contributed by atoms with Crippen LogP contribution in [0.1, 0.15) is 89.5 Å². The molecule has 0 fully saturated rings. The summed E-state index contributed by atoms with van der Waals surface area (Å²) in [5, 5.41) is 5.72. The third kappa shape index (κ3) is 13.2. The molecule has 2 amide bonds. The lowest BCUT2D eigenvalue weighted by Gasteiger charge is -2.18.